The van der Waals surface area contributed by atoms with Crippen LogP contribution in [-0.2, 0) is 39.8 Å². The molecule has 3 rings (SSSR count). The van der Waals surface area contributed by atoms with E-state index in [-0.39, 0.29) is 48.1 Å². The number of allylic oxidation sites excluding steroid dienone is 3. The molecular weight excluding hydrogens is 808 g/mol. The zero-order valence-corrected chi connectivity index (χ0v) is 37.9. The molecule has 1 aromatic rings. The maximum Gasteiger partial charge on any atom is 0.407 e. The molecule has 2 aliphatic rings. The summed E-state index contributed by atoms with van der Waals surface area (Å²) in [7, 11) is 9.51. The summed E-state index contributed by atoms with van der Waals surface area (Å²) in [5.41, 5.74) is 6.63. The van der Waals surface area contributed by atoms with Crippen molar-refractivity contribution in [2.75, 3.05) is 58.7 Å². The Kier molecular flexibility index (Phi) is 19.2. The Morgan fingerprint density at radius 2 is 1.97 bits per heavy atom. The number of rotatable bonds is 14. The van der Waals surface area contributed by atoms with Gasteiger partial charge in [-0.15, -0.1) is 0 Å². The van der Waals surface area contributed by atoms with Crippen molar-refractivity contribution in [3.05, 3.63) is 46.5 Å². The van der Waals surface area contributed by atoms with E-state index in [4.69, 9.17) is 41.0 Å². The lowest BCUT2D eigenvalue weighted by atomic mass is 9.87. The van der Waals surface area contributed by atoms with Gasteiger partial charge in [0, 0.05) is 63.6 Å². The molecule has 17 heteroatoms. The van der Waals surface area contributed by atoms with Gasteiger partial charge in [-0.1, -0.05) is 63.9 Å². The van der Waals surface area contributed by atoms with Gasteiger partial charge >= 0.3 is 12.1 Å². The summed E-state index contributed by atoms with van der Waals surface area (Å²) >= 11 is 6.80. The molecule has 3 amide bonds. The van der Waals surface area contributed by atoms with Crippen LogP contribution in [0.1, 0.15) is 72.8 Å². The number of carbonyl (C=O) groups is 4. The molecular formula is C41H63ClN4O10S2. The lowest BCUT2D eigenvalue weighted by molar-refractivity contribution is -0.162. The SMILES string of the molecule is COc1cc2cc(c1Cl)N(C)C(=O)C[C@H](OC(=O)[C@H](C)N(C)C(=O)CCC(C)(C)SSCCN)C1(C)O[C@H]1[C@H](C)C(CCO)OC(=O)NC[C@H](OC)/C=C\C=C(\C)C2. The van der Waals surface area contributed by atoms with Crippen molar-refractivity contribution in [2.24, 2.45) is 11.7 Å². The van der Waals surface area contributed by atoms with E-state index in [0.29, 0.717) is 30.8 Å². The number of carbonyl (C=O) groups excluding carboxylic acids is 4. The van der Waals surface area contributed by atoms with E-state index < -0.39 is 59.9 Å². The van der Waals surface area contributed by atoms with E-state index in [2.05, 4.69) is 19.2 Å². The van der Waals surface area contributed by atoms with Crippen LogP contribution in [0.15, 0.2) is 35.9 Å². The zero-order valence-electron chi connectivity index (χ0n) is 35.5. The third-order valence-electron chi connectivity index (χ3n) is 10.6. The number of fused-ring (bicyclic) bond motifs is 3. The number of anilines is 1. The molecule has 1 fully saturated rings. The molecule has 0 spiro atoms. The van der Waals surface area contributed by atoms with Crippen molar-refractivity contribution < 1.29 is 48.0 Å². The number of benzene rings is 1. The number of likely N-dealkylation sites (N-methyl/N-ethyl adjacent to an activating group) is 1. The number of nitrogens with two attached hydrogens (primary N) is 1. The molecule has 1 aromatic carbocycles. The number of hydrogen-bond donors (Lipinski definition) is 3. The molecule has 0 radical (unpaired) electrons. The number of hydrogen-bond acceptors (Lipinski definition) is 13. The first-order chi connectivity index (χ1) is 27.3. The van der Waals surface area contributed by atoms with Gasteiger partial charge in [0.25, 0.3) is 0 Å². The van der Waals surface area contributed by atoms with E-state index in [9.17, 15) is 24.3 Å². The fourth-order valence-corrected chi connectivity index (χ4v) is 9.35. The van der Waals surface area contributed by atoms with Crippen LogP contribution in [0.4, 0.5) is 10.5 Å². The standard InChI is InChI=1S/C41H63ClN4O10S2/c1-25-12-11-13-29(52-9)24-44-39(51)54-31(15-18-47)26(2)37-41(6,56-37)33(23-35(49)46(8)30-21-28(20-25)22-32(53-10)36(30)42)55-38(50)27(3)45(7)34(48)14-16-40(4,5)58-57-19-17-43/h11-13,21-22,26-27,29,31,33,37,47H,14-20,23-24,43H2,1-10H3,(H,44,51)/b13-11-,25-12-/t26-,27+,29-,31?,33+,37+,41?/m1/s1. The smallest absolute Gasteiger partial charge is 0.407 e. The minimum atomic E-state index is -1.21. The molecule has 14 nitrogen and oxygen atoms in total. The fraction of sp³-hybridized carbons (Fsp3) is 0.659. The van der Waals surface area contributed by atoms with Crippen LogP contribution in [0.3, 0.4) is 0 Å². The highest BCUT2D eigenvalue weighted by atomic mass is 35.5. The number of epoxide rings is 1. The van der Waals surface area contributed by atoms with Crippen LogP contribution in [-0.4, -0.2) is 128 Å². The highest BCUT2D eigenvalue weighted by Gasteiger charge is 2.63. The lowest BCUT2D eigenvalue weighted by Gasteiger charge is -2.30. The van der Waals surface area contributed by atoms with Gasteiger partial charge in [-0.3, -0.25) is 9.59 Å². The number of nitrogens with zero attached hydrogens (tertiary/aromatic N) is 2. The Hall–Kier alpha value is -2.99. The normalized spacial score (nSPS) is 26.7. The minimum Gasteiger partial charge on any atom is -0.495 e. The molecule has 2 bridgehead atoms. The van der Waals surface area contributed by atoms with Crippen molar-refractivity contribution >= 4 is 62.8 Å². The van der Waals surface area contributed by atoms with Crippen molar-refractivity contribution in [1.82, 2.24) is 10.2 Å². The maximum absolute atomic E-state index is 14.2. The summed E-state index contributed by atoms with van der Waals surface area (Å²) in [5.74, 6) is -0.694. The van der Waals surface area contributed by atoms with Crippen LogP contribution >= 0.6 is 33.2 Å². The summed E-state index contributed by atoms with van der Waals surface area (Å²) < 4.78 is 29.2. The number of cyclic esters (lactones) is 1. The third-order valence-corrected chi connectivity index (χ3v) is 14.4. The Labute approximate surface area is 356 Å². The molecule has 4 N–H and O–H groups in total. The number of methoxy groups -OCH3 is 2. The van der Waals surface area contributed by atoms with Gasteiger partial charge in [0.2, 0.25) is 11.8 Å². The zero-order chi connectivity index (χ0) is 43.4. The minimum absolute atomic E-state index is 0.107. The van der Waals surface area contributed by atoms with Gasteiger partial charge < -0.3 is 49.6 Å². The van der Waals surface area contributed by atoms with Crippen molar-refractivity contribution in [3.63, 3.8) is 0 Å². The molecule has 7 atom stereocenters. The van der Waals surface area contributed by atoms with Crippen LogP contribution < -0.4 is 20.7 Å². The van der Waals surface area contributed by atoms with Crippen molar-refractivity contribution in [1.29, 1.82) is 0 Å². The Morgan fingerprint density at radius 3 is 2.60 bits per heavy atom. The van der Waals surface area contributed by atoms with E-state index in [1.54, 1.807) is 49.5 Å². The highest BCUT2D eigenvalue weighted by molar-refractivity contribution is 8.77. The topological polar surface area (TPSA) is 182 Å². The van der Waals surface area contributed by atoms with Gasteiger partial charge in [0.05, 0.1) is 38.0 Å². The second kappa shape index (κ2) is 22.6. The first kappa shape index (κ1) is 49.4. The van der Waals surface area contributed by atoms with Gasteiger partial charge in [-0.05, 0) is 65.2 Å². The quantitative estimate of drug-likeness (QED) is 0.0897. The molecule has 0 aromatic heterocycles. The van der Waals surface area contributed by atoms with Gasteiger partial charge in [0.15, 0.2) is 0 Å². The van der Waals surface area contributed by atoms with Crippen molar-refractivity contribution in [3.8, 4) is 5.75 Å². The second-order valence-corrected chi connectivity index (χ2v) is 19.1. The van der Waals surface area contributed by atoms with E-state index in [1.807, 2.05) is 44.2 Å². The van der Waals surface area contributed by atoms with E-state index in [0.717, 1.165) is 16.9 Å². The molecule has 2 unspecified atom stereocenters. The summed E-state index contributed by atoms with van der Waals surface area (Å²) in [6.07, 6.45) is 2.92. The van der Waals surface area contributed by atoms with Gasteiger partial charge in [-0.25, -0.2) is 9.59 Å². The molecule has 2 heterocycles. The maximum atomic E-state index is 14.2. The Morgan fingerprint density at radius 1 is 1.26 bits per heavy atom. The molecule has 0 saturated carbocycles. The second-order valence-electron chi connectivity index (χ2n) is 15.6. The van der Waals surface area contributed by atoms with Gasteiger partial charge in [-0.2, -0.15) is 0 Å². The predicted octanol–water partition coefficient (Wildman–Crippen LogP) is 5.70. The molecule has 1 saturated heterocycles. The average molecular weight is 872 g/mol. The summed E-state index contributed by atoms with van der Waals surface area (Å²) in [4.78, 5) is 57.3. The first-order valence-corrected chi connectivity index (χ1v) is 22.2. The molecule has 58 heavy (non-hydrogen) atoms. The number of esters is 1. The predicted molar refractivity (Wildman–Crippen MR) is 230 cm³/mol. The van der Waals surface area contributed by atoms with E-state index in [1.165, 1.54) is 24.0 Å². The Bertz CT molecular complexity index is 1650. The summed E-state index contributed by atoms with van der Waals surface area (Å²) in [6.45, 7) is 11.6. The lowest BCUT2D eigenvalue weighted by Crippen LogP contribution is -2.47. The number of aliphatic hydroxyl groups is 1. The van der Waals surface area contributed by atoms with Crippen LogP contribution in [0.2, 0.25) is 5.02 Å². The average Bonchev–Trinajstić information content (AvgIpc) is 3.88. The van der Waals surface area contributed by atoms with Crippen molar-refractivity contribution in [2.45, 2.75) is 114 Å². The highest BCUT2D eigenvalue weighted by Crippen LogP contribution is 2.48. The van der Waals surface area contributed by atoms with Crippen LogP contribution in [0, 0.1) is 5.92 Å². The first-order valence-electron chi connectivity index (χ1n) is 19.5. The fourth-order valence-electron chi connectivity index (χ4n) is 6.61. The number of ether oxygens (including phenoxy) is 5. The van der Waals surface area contributed by atoms with E-state index >= 15 is 0 Å². The number of halogens is 1. The van der Waals surface area contributed by atoms with Gasteiger partial charge in [0.1, 0.15) is 34.6 Å². The molecule has 2 aliphatic heterocycles. The monoisotopic (exact) mass is 870 g/mol. The number of alkyl carbamates (subject to hydrolysis) is 1. The number of amides is 3. The number of nitrogens with one attached hydrogen (secondary N) is 1. The molecule has 0 aliphatic carbocycles. The molecule has 326 valence electrons. The largest absolute Gasteiger partial charge is 0.495 e. The van der Waals surface area contributed by atoms with Crippen LogP contribution in [0.5, 0.6) is 5.75 Å². The van der Waals surface area contributed by atoms with Crippen LogP contribution in [0.25, 0.3) is 0 Å². The summed E-state index contributed by atoms with van der Waals surface area (Å²) in [5, 5.41) is 12.9. The Balaban J connectivity index is 1.98. The third kappa shape index (κ3) is 13.8. The summed E-state index contributed by atoms with van der Waals surface area (Å²) in [6, 6.07) is 2.64. The number of aliphatic hydroxyl groups excluding tert-OH is 1.